The van der Waals surface area contributed by atoms with E-state index in [-0.39, 0.29) is 6.10 Å². The number of aliphatic hydroxyl groups is 1. The number of thiophene rings is 1. The molecule has 0 bridgehead atoms. The highest BCUT2D eigenvalue weighted by Crippen LogP contribution is 2.38. The van der Waals surface area contributed by atoms with Crippen molar-refractivity contribution < 1.29 is 9.84 Å². The topological polar surface area (TPSA) is 29.5 Å². The average molecular weight is 244 g/mol. The van der Waals surface area contributed by atoms with Crippen LogP contribution in [0.25, 0.3) is 0 Å². The third kappa shape index (κ3) is 2.38. The summed E-state index contributed by atoms with van der Waals surface area (Å²) >= 11 is 3.43. The Morgan fingerprint density at radius 2 is 2.47 bits per heavy atom. The van der Waals surface area contributed by atoms with Crippen LogP contribution >= 0.6 is 23.1 Å². The normalized spacial score (nSPS) is 31.8. The lowest BCUT2D eigenvalue weighted by Crippen LogP contribution is -2.37. The Bertz CT molecular complexity index is 337. The summed E-state index contributed by atoms with van der Waals surface area (Å²) in [6, 6.07) is 2.10. The van der Waals surface area contributed by atoms with E-state index in [4.69, 9.17) is 4.74 Å². The summed E-state index contributed by atoms with van der Waals surface area (Å²) in [5.74, 6) is 0. The summed E-state index contributed by atoms with van der Waals surface area (Å²) < 4.78 is 6.73. The van der Waals surface area contributed by atoms with Crippen LogP contribution in [-0.4, -0.2) is 24.1 Å². The number of rotatable bonds is 2. The smallest absolute Gasteiger partial charge is 0.0951 e. The minimum absolute atomic E-state index is 0.154. The first-order chi connectivity index (χ1) is 7.14. The summed E-state index contributed by atoms with van der Waals surface area (Å²) in [4.78, 5) is 0. The van der Waals surface area contributed by atoms with Crippen molar-refractivity contribution in [2.24, 2.45) is 0 Å². The van der Waals surface area contributed by atoms with Gasteiger partial charge in [-0.05, 0) is 30.2 Å². The van der Waals surface area contributed by atoms with Gasteiger partial charge in [-0.15, -0.1) is 23.1 Å². The van der Waals surface area contributed by atoms with E-state index in [9.17, 15) is 5.11 Å². The van der Waals surface area contributed by atoms with Crippen molar-refractivity contribution in [2.75, 3.05) is 12.9 Å². The van der Waals surface area contributed by atoms with Crippen LogP contribution in [0.4, 0.5) is 0 Å². The second-order valence-electron chi connectivity index (χ2n) is 4.03. The molecule has 0 aromatic carbocycles. The molecule has 0 amide bonds. The molecule has 0 spiro atoms. The van der Waals surface area contributed by atoms with Gasteiger partial charge in [0.25, 0.3) is 0 Å². The second kappa shape index (κ2) is 4.45. The maximum Gasteiger partial charge on any atom is 0.0951 e. The summed E-state index contributed by atoms with van der Waals surface area (Å²) in [6.07, 6.45) is 3.63. The molecule has 2 atom stereocenters. The largest absolute Gasteiger partial charge is 0.385 e. The van der Waals surface area contributed by atoms with Crippen LogP contribution in [-0.2, 0) is 10.3 Å². The number of ether oxygens (including phenoxy) is 1. The SMILES string of the molecule is CSc1cc([C@@]2(O)CCO[C@@H](C)C2)cs1. The van der Waals surface area contributed by atoms with Crippen LogP contribution in [0.3, 0.4) is 0 Å². The lowest BCUT2D eigenvalue weighted by molar-refractivity contribution is -0.101. The van der Waals surface area contributed by atoms with Gasteiger partial charge >= 0.3 is 0 Å². The molecular formula is C11H16O2S2. The Morgan fingerprint density at radius 3 is 3.07 bits per heavy atom. The summed E-state index contributed by atoms with van der Waals surface area (Å²) in [6.45, 7) is 2.67. The van der Waals surface area contributed by atoms with Gasteiger partial charge in [0.15, 0.2) is 0 Å². The summed E-state index contributed by atoms with van der Waals surface area (Å²) in [5.41, 5.74) is 0.398. The predicted octanol–water partition coefficient (Wildman–Crippen LogP) is 2.86. The highest BCUT2D eigenvalue weighted by Gasteiger charge is 2.35. The fourth-order valence-electron chi connectivity index (χ4n) is 2.00. The van der Waals surface area contributed by atoms with Crippen molar-refractivity contribution in [3.8, 4) is 0 Å². The van der Waals surface area contributed by atoms with Gasteiger partial charge in [0.2, 0.25) is 0 Å². The zero-order valence-electron chi connectivity index (χ0n) is 9.03. The zero-order valence-corrected chi connectivity index (χ0v) is 10.7. The molecule has 15 heavy (non-hydrogen) atoms. The third-order valence-corrected chi connectivity index (χ3v) is 4.89. The van der Waals surface area contributed by atoms with Crippen molar-refractivity contribution in [1.82, 2.24) is 0 Å². The van der Waals surface area contributed by atoms with E-state index < -0.39 is 5.60 Å². The van der Waals surface area contributed by atoms with Crippen LogP contribution in [0.2, 0.25) is 0 Å². The van der Waals surface area contributed by atoms with Gasteiger partial charge in [-0.1, -0.05) is 0 Å². The maximum atomic E-state index is 10.5. The molecule has 1 aromatic rings. The molecule has 2 nitrogen and oxygen atoms in total. The van der Waals surface area contributed by atoms with Crippen LogP contribution in [0.1, 0.15) is 25.3 Å². The van der Waals surface area contributed by atoms with E-state index in [1.807, 2.05) is 6.92 Å². The third-order valence-electron chi connectivity index (χ3n) is 2.86. The molecule has 84 valence electrons. The Kier molecular flexibility index (Phi) is 3.40. The van der Waals surface area contributed by atoms with Crippen molar-refractivity contribution >= 4 is 23.1 Å². The van der Waals surface area contributed by atoms with E-state index in [2.05, 4.69) is 17.7 Å². The molecule has 0 radical (unpaired) electrons. The van der Waals surface area contributed by atoms with E-state index in [0.29, 0.717) is 19.4 Å². The molecule has 1 aliphatic rings. The molecule has 4 heteroatoms. The molecule has 0 saturated carbocycles. The molecule has 2 rings (SSSR count). The van der Waals surface area contributed by atoms with Gasteiger partial charge in [-0.3, -0.25) is 0 Å². The van der Waals surface area contributed by atoms with Crippen molar-refractivity contribution in [2.45, 2.75) is 35.7 Å². The summed E-state index contributed by atoms with van der Waals surface area (Å²) in [5, 5.41) is 12.6. The molecular weight excluding hydrogens is 228 g/mol. The van der Waals surface area contributed by atoms with Gasteiger partial charge in [0.05, 0.1) is 22.5 Å². The van der Waals surface area contributed by atoms with Gasteiger partial charge in [0, 0.05) is 12.8 Å². The zero-order chi connectivity index (χ0) is 10.9. The van der Waals surface area contributed by atoms with E-state index in [1.165, 1.54) is 4.21 Å². The number of thioether (sulfide) groups is 1. The van der Waals surface area contributed by atoms with Crippen LogP contribution in [0.5, 0.6) is 0 Å². The number of hydrogen-bond donors (Lipinski definition) is 1. The van der Waals surface area contributed by atoms with E-state index in [1.54, 1.807) is 23.1 Å². The molecule has 0 unspecified atom stereocenters. The molecule has 1 N–H and O–H groups in total. The highest BCUT2D eigenvalue weighted by atomic mass is 32.2. The van der Waals surface area contributed by atoms with Crippen molar-refractivity contribution in [3.63, 3.8) is 0 Å². The van der Waals surface area contributed by atoms with E-state index >= 15 is 0 Å². The maximum absolute atomic E-state index is 10.5. The molecule has 1 aromatic heterocycles. The van der Waals surface area contributed by atoms with Gasteiger partial charge < -0.3 is 9.84 Å². The standard InChI is InChI=1S/C11H16O2S2/c1-8-6-11(12,3-4-13-8)9-5-10(14-2)15-7-9/h5,7-8,12H,3-4,6H2,1-2H3/t8-,11+/m0/s1. The first kappa shape index (κ1) is 11.5. The fraction of sp³-hybridized carbons (Fsp3) is 0.636. The van der Waals surface area contributed by atoms with E-state index in [0.717, 1.165) is 5.56 Å². The van der Waals surface area contributed by atoms with Crippen LogP contribution in [0, 0.1) is 0 Å². The Morgan fingerprint density at radius 1 is 1.67 bits per heavy atom. The van der Waals surface area contributed by atoms with Crippen molar-refractivity contribution in [1.29, 1.82) is 0 Å². The minimum atomic E-state index is -0.665. The molecule has 2 heterocycles. The quantitative estimate of drug-likeness (QED) is 0.811. The monoisotopic (exact) mass is 244 g/mol. The highest BCUT2D eigenvalue weighted by molar-refractivity contribution is 8.00. The van der Waals surface area contributed by atoms with Gasteiger partial charge in [-0.2, -0.15) is 0 Å². The van der Waals surface area contributed by atoms with Gasteiger partial charge in [-0.25, -0.2) is 0 Å². The number of hydrogen-bond acceptors (Lipinski definition) is 4. The molecule has 1 aliphatic heterocycles. The van der Waals surface area contributed by atoms with Crippen molar-refractivity contribution in [3.05, 3.63) is 17.0 Å². The predicted molar refractivity (Wildman–Crippen MR) is 64.6 cm³/mol. The minimum Gasteiger partial charge on any atom is -0.385 e. The summed E-state index contributed by atoms with van der Waals surface area (Å²) in [7, 11) is 0. The Labute approximate surface area is 98.7 Å². The molecule has 0 aliphatic carbocycles. The molecule has 1 fully saturated rings. The molecule has 1 saturated heterocycles. The first-order valence-corrected chi connectivity index (χ1v) is 7.21. The van der Waals surface area contributed by atoms with Gasteiger partial charge in [0.1, 0.15) is 0 Å². The second-order valence-corrected chi connectivity index (χ2v) is 6.04. The van der Waals surface area contributed by atoms with Crippen LogP contribution < -0.4 is 0 Å². The lowest BCUT2D eigenvalue weighted by Gasteiger charge is -2.35. The lowest BCUT2D eigenvalue weighted by atomic mass is 9.86. The average Bonchev–Trinajstić information content (AvgIpc) is 2.66. The Hall–Kier alpha value is -0.0300. The van der Waals surface area contributed by atoms with Crippen LogP contribution in [0.15, 0.2) is 15.7 Å². The first-order valence-electron chi connectivity index (χ1n) is 5.11. The fourth-order valence-corrected chi connectivity index (χ4v) is 3.49. The Balaban J connectivity index is 2.20.